The van der Waals surface area contributed by atoms with Gasteiger partial charge in [0.1, 0.15) is 24.0 Å². The zero-order valence-corrected chi connectivity index (χ0v) is 10.3. The molecule has 4 nitrogen and oxygen atoms in total. The number of carbonyl (C=O) groups is 1. The van der Waals surface area contributed by atoms with E-state index in [0.717, 1.165) is 0 Å². The van der Waals surface area contributed by atoms with Crippen LogP contribution in [0.3, 0.4) is 0 Å². The number of ether oxygens (including phenoxy) is 1. The number of primary amides is 1. The third-order valence-corrected chi connectivity index (χ3v) is 2.30. The predicted molar refractivity (Wildman–Crippen MR) is 69.9 cm³/mol. The molecular formula is C13H11ClN2O2. The zero-order valence-electron chi connectivity index (χ0n) is 9.52. The first-order valence-electron chi connectivity index (χ1n) is 5.03. The number of hydrogen-bond acceptors (Lipinski definition) is 3. The zero-order chi connectivity index (χ0) is 13.5. The fraction of sp³-hybridized carbons (Fsp3) is 0.0769. The van der Waals surface area contributed by atoms with Crippen molar-refractivity contribution in [2.75, 3.05) is 6.61 Å². The smallest absolute Gasteiger partial charge is 0.259 e. The Hall–Kier alpha value is -2.25. The lowest BCUT2D eigenvalue weighted by Gasteiger charge is -2.06. The van der Waals surface area contributed by atoms with Gasteiger partial charge in [-0.3, -0.25) is 4.79 Å². The number of rotatable bonds is 5. The summed E-state index contributed by atoms with van der Waals surface area (Å²) in [5.74, 6) is -0.271. The van der Waals surface area contributed by atoms with Gasteiger partial charge in [0, 0.05) is 0 Å². The summed E-state index contributed by atoms with van der Waals surface area (Å²) in [6, 6.07) is 6.62. The summed E-state index contributed by atoms with van der Waals surface area (Å²) in [5, 5.41) is 9.09. The van der Waals surface area contributed by atoms with Gasteiger partial charge in [-0.15, -0.1) is 0 Å². The van der Waals surface area contributed by atoms with Crippen LogP contribution in [0.1, 0.15) is 5.56 Å². The molecule has 0 radical (unpaired) electrons. The number of hydrogen-bond donors (Lipinski definition) is 1. The first-order valence-corrected chi connectivity index (χ1v) is 5.41. The van der Waals surface area contributed by atoms with Crippen molar-refractivity contribution in [1.29, 1.82) is 5.26 Å². The van der Waals surface area contributed by atoms with Crippen LogP contribution in [0.2, 0.25) is 5.02 Å². The van der Waals surface area contributed by atoms with Crippen molar-refractivity contribution < 1.29 is 9.53 Å². The summed E-state index contributed by atoms with van der Waals surface area (Å²) < 4.78 is 5.29. The predicted octanol–water partition coefficient (Wildman–Crippen LogP) is 2.30. The highest BCUT2D eigenvalue weighted by Crippen LogP contribution is 2.26. The Morgan fingerprint density at radius 1 is 1.61 bits per heavy atom. The topological polar surface area (TPSA) is 76.1 Å². The highest BCUT2D eigenvalue weighted by atomic mass is 35.5. The van der Waals surface area contributed by atoms with Crippen LogP contribution in [0.15, 0.2) is 36.4 Å². The summed E-state index contributed by atoms with van der Waals surface area (Å²) >= 11 is 5.98. The van der Waals surface area contributed by atoms with Crippen LogP contribution >= 0.6 is 11.6 Å². The number of nitrogens with two attached hydrogens (primary N) is 1. The molecule has 0 aliphatic heterocycles. The molecule has 18 heavy (non-hydrogen) atoms. The monoisotopic (exact) mass is 262 g/mol. The van der Waals surface area contributed by atoms with Crippen molar-refractivity contribution in [2.45, 2.75) is 0 Å². The highest BCUT2D eigenvalue weighted by Gasteiger charge is 2.05. The van der Waals surface area contributed by atoms with Gasteiger partial charge in [-0.1, -0.05) is 30.3 Å². The Morgan fingerprint density at radius 2 is 2.33 bits per heavy atom. The van der Waals surface area contributed by atoms with E-state index < -0.39 is 5.91 Å². The van der Waals surface area contributed by atoms with Gasteiger partial charge < -0.3 is 10.5 Å². The number of amides is 1. The molecule has 0 aromatic heterocycles. The summed E-state index contributed by atoms with van der Waals surface area (Å²) in [7, 11) is 0. The third-order valence-electron chi connectivity index (χ3n) is 2.01. The average molecular weight is 263 g/mol. The second-order valence-electron chi connectivity index (χ2n) is 3.32. The average Bonchev–Trinajstić information content (AvgIpc) is 2.34. The van der Waals surface area contributed by atoms with E-state index >= 15 is 0 Å². The molecule has 0 saturated heterocycles. The molecule has 1 aromatic carbocycles. The van der Waals surface area contributed by atoms with E-state index in [1.807, 2.05) is 0 Å². The molecule has 1 amide bonds. The molecular weight excluding hydrogens is 252 g/mol. The van der Waals surface area contributed by atoms with Gasteiger partial charge in [0.15, 0.2) is 0 Å². The van der Waals surface area contributed by atoms with Gasteiger partial charge in [0.2, 0.25) is 0 Å². The van der Waals surface area contributed by atoms with E-state index in [2.05, 4.69) is 6.58 Å². The number of nitrogens with zero attached hydrogens (tertiary/aromatic N) is 1. The van der Waals surface area contributed by atoms with Crippen LogP contribution in [0.4, 0.5) is 0 Å². The Kier molecular flexibility index (Phi) is 4.97. The Labute approximate surface area is 110 Å². The fourth-order valence-corrected chi connectivity index (χ4v) is 1.44. The second kappa shape index (κ2) is 6.48. The minimum atomic E-state index is -0.777. The van der Waals surface area contributed by atoms with E-state index in [4.69, 9.17) is 27.3 Å². The Balaban J connectivity index is 3.01. The number of halogens is 1. The van der Waals surface area contributed by atoms with Gasteiger partial charge in [-0.05, 0) is 23.8 Å². The van der Waals surface area contributed by atoms with Crippen molar-refractivity contribution in [3.05, 3.63) is 47.0 Å². The largest absolute Gasteiger partial charge is 0.488 e. The quantitative estimate of drug-likeness (QED) is 0.502. The molecule has 0 saturated carbocycles. The Bertz CT molecular complexity index is 544. The van der Waals surface area contributed by atoms with E-state index in [9.17, 15) is 4.79 Å². The van der Waals surface area contributed by atoms with Crippen LogP contribution in [-0.2, 0) is 4.79 Å². The van der Waals surface area contributed by atoms with Gasteiger partial charge in [0.25, 0.3) is 5.91 Å². The normalized spacial score (nSPS) is 10.6. The minimum Gasteiger partial charge on any atom is -0.488 e. The molecule has 0 aliphatic carbocycles. The molecule has 1 aromatic rings. The van der Waals surface area contributed by atoms with Crippen LogP contribution in [-0.4, -0.2) is 12.5 Å². The molecule has 0 aliphatic rings. The van der Waals surface area contributed by atoms with E-state index in [-0.39, 0.29) is 5.57 Å². The molecule has 0 atom stereocenters. The molecule has 0 heterocycles. The molecule has 0 spiro atoms. The maximum atomic E-state index is 10.9. The molecule has 0 bridgehead atoms. The first-order chi connectivity index (χ1) is 8.58. The standard InChI is InChI=1S/C13H11ClN2O2/c1-2-5-18-12-4-3-9(7-11(12)14)6-10(8-15)13(16)17/h2-4,6-7H,1,5H2,(H2,16,17)/b10-6+. The second-order valence-corrected chi connectivity index (χ2v) is 3.73. The van der Waals surface area contributed by atoms with Crippen LogP contribution in [0.5, 0.6) is 5.75 Å². The van der Waals surface area contributed by atoms with Gasteiger partial charge in [-0.2, -0.15) is 5.26 Å². The molecule has 92 valence electrons. The number of benzene rings is 1. The lowest BCUT2D eigenvalue weighted by Crippen LogP contribution is -2.12. The van der Waals surface area contributed by atoms with Crippen LogP contribution in [0, 0.1) is 11.3 Å². The van der Waals surface area contributed by atoms with Crippen molar-refractivity contribution in [3.8, 4) is 11.8 Å². The maximum absolute atomic E-state index is 10.9. The summed E-state index contributed by atoms with van der Waals surface area (Å²) in [6.07, 6.45) is 2.97. The molecule has 2 N–H and O–H groups in total. The van der Waals surface area contributed by atoms with Crippen molar-refractivity contribution >= 4 is 23.6 Å². The minimum absolute atomic E-state index is 0.133. The van der Waals surface area contributed by atoms with Crippen LogP contribution < -0.4 is 10.5 Å². The van der Waals surface area contributed by atoms with Gasteiger partial charge >= 0.3 is 0 Å². The summed E-state index contributed by atoms with van der Waals surface area (Å²) in [5.41, 5.74) is 5.50. The number of nitriles is 1. The van der Waals surface area contributed by atoms with E-state index in [0.29, 0.717) is 22.9 Å². The van der Waals surface area contributed by atoms with E-state index in [1.165, 1.54) is 6.08 Å². The first kappa shape index (κ1) is 13.8. The number of carbonyl (C=O) groups excluding carboxylic acids is 1. The molecule has 0 unspecified atom stereocenters. The SMILES string of the molecule is C=CCOc1ccc(/C=C(\C#N)C(N)=O)cc1Cl. The molecule has 0 fully saturated rings. The lowest BCUT2D eigenvalue weighted by molar-refractivity contribution is -0.114. The van der Waals surface area contributed by atoms with Crippen molar-refractivity contribution in [3.63, 3.8) is 0 Å². The van der Waals surface area contributed by atoms with E-state index in [1.54, 1.807) is 30.3 Å². The maximum Gasteiger partial charge on any atom is 0.259 e. The van der Waals surface area contributed by atoms with Gasteiger partial charge in [0.05, 0.1) is 5.02 Å². The Morgan fingerprint density at radius 3 is 2.83 bits per heavy atom. The summed E-state index contributed by atoms with van der Waals surface area (Å²) in [4.78, 5) is 10.9. The molecule has 5 heteroatoms. The highest BCUT2D eigenvalue weighted by molar-refractivity contribution is 6.32. The van der Waals surface area contributed by atoms with Crippen molar-refractivity contribution in [1.82, 2.24) is 0 Å². The third kappa shape index (κ3) is 3.65. The lowest BCUT2D eigenvalue weighted by atomic mass is 10.1. The molecule has 1 rings (SSSR count). The van der Waals surface area contributed by atoms with Gasteiger partial charge in [-0.25, -0.2) is 0 Å². The fourth-order valence-electron chi connectivity index (χ4n) is 1.20. The van der Waals surface area contributed by atoms with Crippen molar-refractivity contribution in [2.24, 2.45) is 5.73 Å². The van der Waals surface area contributed by atoms with Crippen LogP contribution in [0.25, 0.3) is 6.08 Å². The summed E-state index contributed by atoms with van der Waals surface area (Å²) in [6.45, 7) is 3.87.